The molecule has 31 heavy (non-hydrogen) atoms. The average Bonchev–Trinajstić information content (AvgIpc) is 2.65. The third-order valence-corrected chi connectivity index (χ3v) is 4.28. The van der Waals surface area contributed by atoms with Gasteiger partial charge in [-0.1, -0.05) is 6.92 Å². The Morgan fingerprint density at radius 1 is 1.23 bits per heavy atom. The molecule has 1 aromatic heterocycles. The second-order valence-corrected chi connectivity index (χ2v) is 8.25. The summed E-state index contributed by atoms with van der Waals surface area (Å²) in [6, 6.07) is 4.04. The molecule has 7 nitrogen and oxygen atoms in total. The Hall–Kier alpha value is -2.65. The molecular formula is C22H30F2N4O3. The van der Waals surface area contributed by atoms with E-state index in [0.29, 0.717) is 18.5 Å². The van der Waals surface area contributed by atoms with Crippen molar-refractivity contribution in [2.75, 3.05) is 6.54 Å². The second-order valence-electron chi connectivity index (χ2n) is 8.25. The van der Waals surface area contributed by atoms with Crippen molar-refractivity contribution in [2.24, 2.45) is 0 Å². The maximum atomic E-state index is 13.6. The first-order valence-electron chi connectivity index (χ1n) is 10.2. The first kappa shape index (κ1) is 24.6. The lowest BCUT2D eigenvalue weighted by molar-refractivity contribution is 0.0422. The van der Waals surface area contributed by atoms with Gasteiger partial charge >= 0.3 is 6.09 Å². The van der Waals surface area contributed by atoms with Gasteiger partial charge in [0.2, 0.25) is 0 Å². The Labute approximate surface area is 181 Å². The number of aliphatic hydroxyl groups excluding tert-OH is 1. The van der Waals surface area contributed by atoms with Gasteiger partial charge in [-0.05, 0) is 51.0 Å². The molecule has 1 aromatic carbocycles. The number of rotatable bonds is 9. The van der Waals surface area contributed by atoms with E-state index < -0.39 is 35.5 Å². The molecule has 0 radical (unpaired) electrons. The number of carbonyl (C=O) groups excluding carboxylic acids is 1. The Morgan fingerprint density at radius 3 is 2.52 bits per heavy atom. The molecule has 0 unspecified atom stereocenters. The number of hydrogen-bond donors (Lipinski definition) is 3. The molecule has 1 heterocycles. The van der Waals surface area contributed by atoms with E-state index >= 15 is 0 Å². The summed E-state index contributed by atoms with van der Waals surface area (Å²) in [5.74, 6) is -0.735. The van der Waals surface area contributed by atoms with E-state index in [0.717, 1.165) is 17.6 Å². The van der Waals surface area contributed by atoms with Crippen LogP contribution >= 0.6 is 0 Å². The quantitative estimate of drug-likeness (QED) is 0.559. The molecule has 170 valence electrons. The smallest absolute Gasteiger partial charge is 0.407 e. The maximum Gasteiger partial charge on any atom is 0.407 e. The van der Waals surface area contributed by atoms with Gasteiger partial charge in [0.15, 0.2) is 0 Å². The molecule has 0 saturated heterocycles. The average molecular weight is 437 g/mol. The van der Waals surface area contributed by atoms with E-state index in [1.54, 1.807) is 33.0 Å². The minimum atomic E-state index is -1.05. The van der Waals surface area contributed by atoms with Gasteiger partial charge in [-0.25, -0.2) is 23.5 Å². The van der Waals surface area contributed by atoms with Crippen LogP contribution in [-0.2, 0) is 24.1 Å². The van der Waals surface area contributed by atoms with Gasteiger partial charge in [0.1, 0.15) is 23.1 Å². The molecule has 1 amide bonds. The van der Waals surface area contributed by atoms with Gasteiger partial charge in [-0.2, -0.15) is 0 Å². The summed E-state index contributed by atoms with van der Waals surface area (Å²) in [7, 11) is 0. The molecule has 0 spiro atoms. The Morgan fingerprint density at radius 2 is 1.90 bits per heavy atom. The molecule has 9 heteroatoms. The number of benzene rings is 1. The van der Waals surface area contributed by atoms with Crippen molar-refractivity contribution >= 4 is 6.09 Å². The minimum absolute atomic E-state index is 0.0181. The van der Waals surface area contributed by atoms with E-state index in [2.05, 4.69) is 20.6 Å². The molecule has 3 N–H and O–H groups in total. The Balaban J connectivity index is 2.05. The number of carbonyl (C=O) groups is 1. The number of amides is 1. The van der Waals surface area contributed by atoms with Crippen LogP contribution in [-0.4, -0.2) is 45.5 Å². The number of aromatic nitrogens is 2. The molecule has 2 aromatic rings. The van der Waals surface area contributed by atoms with E-state index in [-0.39, 0.29) is 13.0 Å². The van der Waals surface area contributed by atoms with Crippen molar-refractivity contribution in [3.05, 3.63) is 59.2 Å². The third-order valence-electron chi connectivity index (χ3n) is 4.28. The molecule has 0 aliphatic carbocycles. The topological polar surface area (TPSA) is 96.4 Å². The lowest BCUT2D eigenvalue weighted by Gasteiger charge is -2.27. The summed E-state index contributed by atoms with van der Waals surface area (Å²) in [5.41, 5.74) is 0.344. The fourth-order valence-electron chi connectivity index (χ4n) is 2.93. The second kappa shape index (κ2) is 11.1. The molecule has 0 bridgehead atoms. The number of hydrogen-bond acceptors (Lipinski definition) is 6. The van der Waals surface area contributed by atoms with Crippen LogP contribution in [0.4, 0.5) is 13.6 Å². The number of aryl methyl sites for hydroxylation is 1. The molecule has 0 aliphatic rings. The molecular weight excluding hydrogens is 406 g/mol. The number of nitrogens with zero attached hydrogens (tertiary/aromatic N) is 2. The van der Waals surface area contributed by atoms with Gasteiger partial charge in [0, 0.05) is 31.8 Å². The third kappa shape index (κ3) is 8.94. The highest BCUT2D eigenvalue weighted by atomic mass is 19.1. The van der Waals surface area contributed by atoms with Crippen LogP contribution in [0.1, 0.15) is 44.8 Å². The highest BCUT2D eigenvalue weighted by molar-refractivity contribution is 5.68. The van der Waals surface area contributed by atoms with Crippen LogP contribution < -0.4 is 10.6 Å². The summed E-state index contributed by atoms with van der Waals surface area (Å²) < 4.78 is 32.4. The van der Waals surface area contributed by atoms with Crippen LogP contribution in [0.3, 0.4) is 0 Å². The summed E-state index contributed by atoms with van der Waals surface area (Å²) in [6.45, 7) is 7.61. The van der Waals surface area contributed by atoms with Crippen molar-refractivity contribution in [3.8, 4) is 0 Å². The SMILES string of the molecule is CCc1nccc(CNC[C@@H](O)[C@H](Cc2cc(F)cc(F)c2)NC(=O)OC(C)(C)C)n1. The summed E-state index contributed by atoms with van der Waals surface area (Å²) in [5, 5.41) is 16.4. The van der Waals surface area contributed by atoms with Crippen molar-refractivity contribution in [1.82, 2.24) is 20.6 Å². The van der Waals surface area contributed by atoms with Gasteiger partial charge in [0.25, 0.3) is 0 Å². The van der Waals surface area contributed by atoms with Gasteiger partial charge in [0.05, 0.1) is 17.8 Å². The van der Waals surface area contributed by atoms with Crippen molar-refractivity contribution < 1.29 is 23.4 Å². The zero-order valence-electron chi connectivity index (χ0n) is 18.3. The lowest BCUT2D eigenvalue weighted by atomic mass is 10.0. The minimum Gasteiger partial charge on any atom is -0.444 e. The van der Waals surface area contributed by atoms with Crippen LogP contribution in [0, 0.1) is 11.6 Å². The highest BCUT2D eigenvalue weighted by Gasteiger charge is 2.25. The zero-order valence-corrected chi connectivity index (χ0v) is 18.3. The number of nitrogens with one attached hydrogen (secondary N) is 2. The van der Waals surface area contributed by atoms with Crippen LogP contribution in [0.15, 0.2) is 30.5 Å². The first-order valence-corrected chi connectivity index (χ1v) is 10.2. The monoisotopic (exact) mass is 436 g/mol. The van der Waals surface area contributed by atoms with Crippen molar-refractivity contribution in [3.63, 3.8) is 0 Å². The van der Waals surface area contributed by atoms with Crippen LogP contribution in [0.25, 0.3) is 0 Å². The standard InChI is InChI=1S/C22H30F2N4O3/c1-5-20-26-7-6-17(27-20)12-25-13-19(29)18(28-21(30)31-22(2,3)4)10-14-8-15(23)11-16(24)9-14/h6-9,11,18-19,25,29H,5,10,12-13H2,1-4H3,(H,28,30)/t18-,19+/m0/s1. The van der Waals surface area contributed by atoms with Crippen LogP contribution in [0.2, 0.25) is 0 Å². The molecule has 2 rings (SSSR count). The van der Waals surface area contributed by atoms with Gasteiger partial charge in [-0.15, -0.1) is 0 Å². The fraction of sp³-hybridized carbons (Fsp3) is 0.500. The fourth-order valence-corrected chi connectivity index (χ4v) is 2.93. The van der Waals surface area contributed by atoms with E-state index in [4.69, 9.17) is 4.74 Å². The summed E-state index contributed by atoms with van der Waals surface area (Å²) in [6.07, 6.45) is 0.625. The summed E-state index contributed by atoms with van der Waals surface area (Å²) >= 11 is 0. The van der Waals surface area contributed by atoms with Crippen molar-refractivity contribution in [1.29, 1.82) is 0 Å². The highest BCUT2D eigenvalue weighted by Crippen LogP contribution is 2.13. The number of alkyl carbamates (subject to hydrolysis) is 1. The van der Waals surface area contributed by atoms with E-state index in [9.17, 15) is 18.7 Å². The lowest BCUT2D eigenvalue weighted by Crippen LogP contribution is -2.50. The number of ether oxygens (including phenoxy) is 1. The molecule has 0 fully saturated rings. The normalized spacial score (nSPS) is 13.5. The summed E-state index contributed by atoms with van der Waals surface area (Å²) in [4.78, 5) is 20.8. The van der Waals surface area contributed by atoms with E-state index in [1.807, 2.05) is 6.92 Å². The molecule has 0 aliphatic heterocycles. The first-order chi connectivity index (χ1) is 14.6. The Kier molecular flexibility index (Phi) is 8.82. The van der Waals surface area contributed by atoms with E-state index in [1.165, 1.54) is 12.1 Å². The zero-order chi connectivity index (χ0) is 23.0. The van der Waals surface area contributed by atoms with Gasteiger partial charge in [-0.3, -0.25) is 0 Å². The van der Waals surface area contributed by atoms with Crippen molar-refractivity contribution in [2.45, 2.75) is 64.8 Å². The Bertz CT molecular complexity index is 854. The maximum absolute atomic E-state index is 13.6. The molecule has 2 atom stereocenters. The predicted molar refractivity (Wildman–Crippen MR) is 112 cm³/mol. The largest absolute Gasteiger partial charge is 0.444 e. The predicted octanol–water partition coefficient (Wildman–Crippen LogP) is 2.90. The number of aliphatic hydroxyl groups is 1. The van der Waals surface area contributed by atoms with Crippen LogP contribution in [0.5, 0.6) is 0 Å². The number of halogens is 2. The molecule has 0 saturated carbocycles. The van der Waals surface area contributed by atoms with Gasteiger partial charge < -0.3 is 20.5 Å².